The highest BCUT2D eigenvalue weighted by atomic mass is 19.4. The largest absolute Gasteiger partial charge is 0.466 e. The molecule has 0 radical (unpaired) electrons. The van der Waals surface area contributed by atoms with Crippen LogP contribution in [0.15, 0.2) is 12.1 Å². The molecule has 0 heterocycles. The molecule has 1 rings (SSSR count). The first-order chi connectivity index (χ1) is 9.72. The minimum absolute atomic E-state index is 0.0262. The molecule has 0 bridgehead atoms. The van der Waals surface area contributed by atoms with E-state index in [0.717, 1.165) is 6.07 Å². The van der Waals surface area contributed by atoms with Gasteiger partial charge in [-0.2, -0.15) is 18.4 Å². The number of esters is 1. The number of carbonyl (C=O) groups excluding carboxylic acids is 1. The van der Waals surface area contributed by atoms with Gasteiger partial charge in [-0.1, -0.05) is 6.07 Å². The maximum absolute atomic E-state index is 12.7. The Kier molecular flexibility index (Phi) is 4.86. The van der Waals surface area contributed by atoms with Crippen molar-refractivity contribution in [3.8, 4) is 6.07 Å². The molecule has 6 nitrogen and oxygen atoms in total. The van der Waals surface area contributed by atoms with E-state index in [2.05, 4.69) is 4.74 Å². The number of nitrogens with zero attached hydrogens (tertiary/aromatic N) is 2. The summed E-state index contributed by atoms with van der Waals surface area (Å²) in [6, 6.07) is 2.53. The highest BCUT2D eigenvalue weighted by Crippen LogP contribution is 2.37. The Labute approximate surface area is 116 Å². The minimum atomic E-state index is -4.90. The van der Waals surface area contributed by atoms with Crippen LogP contribution >= 0.6 is 0 Å². The van der Waals surface area contributed by atoms with E-state index in [1.54, 1.807) is 0 Å². The van der Waals surface area contributed by atoms with Gasteiger partial charge in [0.2, 0.25) is 0 Å². The summed E-state index contributed by atoms with van der Waals surface area (Å²) in [5.41, 5.74) is -3.86. The number of nitro benzene ring substituents is 1. The van der Waals surface area contributed by atoms with E-state index >= 15 is 0 Å². The summed E-state index contributed by atoms with van der Waals surface area (Å²) in [5, 5.41) is 19.8. The standard InChI is InChI=1S/C12H9F3N2O4/c1-2-21-10(18)5-7-3-4-9(12(13,14)15)8(6-16)11(7)17(19)20/h3-4H,2,5H2,1H3. The van der Waals surface area contributed by atoms with E-state index in [0.29, 0.717) is 6.07 Å². The molecule has 1 aromatic rings. The van der Waals surface area contributed by atoms with Crippen molar-refractivity contribution in [3.63, 3.8) is 0 Å². The molecule has 21 heavy (non-hydrogen) atoms. The second-order valence-electron chi connectivity index (χ2n) is 3.84. The van der Waals surface area contributed by atoms with Crippen molar-refractivity contribution in [2.75, 3.05) is 6.61 Å². The smallest absolute Gasteiger partial charge is 0.417 e. The van der Waals surface area contributed by atoms with Gasteiger partial charge in [0.25, 0.3) is 5.69 Å². The first-order valence-electron chi connectivity index (χ1n) is 5.65. The highest BCUT2D eigenvalue weighted by Gasteiger charge is 2.38. The van der Waals surface area contributed by atoms with Crippen LogP contribution in [-0.4, -0.2) is 17.5 Å². The van der Waals surface area contributed by atoms with Crippen LogP contribution in [0.5, 0.6) is 0 Å². The fourth-order valence-corrected chi connectivity index (χ4v) is 1.70. The van der Waals surface area contributed by atoms with Crippen molar-refractivity contribution in [3.05, 3.63) is 38.9 Å². The lowest BCUT2D eigenvalue weighted by Crippen LogP contribution is -2.14. The second-order valence-corrected chi connectivity index (χ2v) is 3.84. The number of nitriles is 1. The van der Waals surface area contributed by atoms with Gasteiger partial charge in [-0.3, -0.25) is 14.9 Å². The van der Waals surface area contributed by atoms with Crippen LogP contribution in [0.2, 0.25) is 0 Å². The molecule has 9 heteroatoms. The van der Waals surface area contributed by atoms with E-state index in [1.165, 1.54) is 13.0 Å². The van der Waals surface area contributed by atoms with Gasteiger partial charge in [0, 0.05) is 5.56 Å². The minimum Gasteiger partial charge on any atom is -0.466 e. The quantitative estimate of drug-likeness (QED) is 0.484. The van der Waals surface area contributed by atoms with Gasteiger partial charge in [-0.15, -0.1) is 0 Å². The predicted molar refractivity (Wildman–Crippen MR) is 63.2 cm³/mol. The van der Waals surface area contributed by atoms with Crippen LogP contribution in [0, 0.1) is 21.4 Å². The Balaban J connectivity index is 3.46. The van der Waals surface area contributed by atoms with E-state index < -0.39 is 40.3 Å². The molecule has 0 N–H and O–H groups in total. The average Bonchev–Trinajstić information content (AvgIpc) is 2.36. The van der Waals surface area contributed by atoms with Crippen LogP contribution in [-0.2, 0) is 22.1 Å². The number of carbonyl (C=O) groups is 1. The summed E-state index contributed by atoms with van der Waals surface area (Å²) < 4.78 is 42.8. The van der Waals surface area contributed by atoms with Crippen LogP contribution in [0.1, 0.15) is 23.6 Å². The first kappa shape index (κ1) is 16.4. The number of halogens is 3. The molecule has 1 aromatic carbocycles. The summed E-state index contributed by atoms with van der Waals surface area (Å²) >= 11 is 0. The van der Waals surface area contributed by atoms with Gasteiger partial charge < -0.3 is 4.74 Å². The van der Waals surface area contributed by atoms with Crippen molar-refractivity contribution in [2.24, 2.45) is 0 Å². The number of alkyl halides is 3. The third-order valence-corrected chi connectivity index (χ3v) is 2.50. The van der Waals surface area contributed by atoms with Crippen molar-refractivity contribution in [1.82, 2.24) is 0 Å². The summed E-state index contributed by atoms with van der Waals surface area (Å²) in [7, 11) is 0. The number of nitro groups is 1. The highest BCUT2D eigenvalue weighted by molar-refractivity contribution is 5.75. The molecule has 0 aliphatic carbocycles. The molecule has 0 saturated heterocycles. The number of rotatable bonds is 4. The molecule has 0 fully saturated rings. The summed E-state index contributed by atoms with van der Waals surface area (Å²) in [6.07, 6.45) is -5.49. The van der Waals surface area contributed by atoms with E-state index in [1.807, 2.05) is 0 Å². The molecule has 0 amide bonds. The van der Waals surface area contributed by atoms with E-state index in [4.69, 9.17) is 5.26 Å². The molecule has 0 aliphatic heterocycles. The van der Waals surface area contributed by atoms with Gasteiger partial charge in [0.05, 0.1) is 23.5 Å². The molecule has 0 aliphatic rings. The first-order valence-corrected chi connectivity index (χ1v) is 5.65. The molecule has 0 spiro atoms. The molecule has 0 atom stereocenters. The fourth-order valence-electron chi connectivity index (χ4n) is 1.70. The van der Waals surface area contributed by atoms with Crippen molar-refractivity contribution < 1.29 is 27.6 Å². The lowest BCUT2D eigenvalue weighted by molar-refractivity contribution is -0.386. The number of benzene rings is 1. The third-order valence-electron chi connectivity index (χ3n) is 2.50. The Bertz CT molecular complexity index is 620. The molecular formula is C12H9F3N2O4. The summed E-state index contributed by atoms with van der Waals surface area (Å²) in [4.78, 5) is 21.2. The Hall–Kier alpha value is -2.63. The summed E-state index contributed by atoms with van der Waals surface area (Å²) in [6.45, 7) is 1.54. The SMILES string of the molecule is CCOC(=O)Cc1ccc(C(F)(F)F)c(C#N)c1[N+](=O)[O-]. The monoisotopic (exact) mass is 302 g/mol. The zero-order valence-electron chi connectivity index (χ0n) is 10.7. The van der Waals surface area contributed by atoms with Gasteiger partial charge in [-0.05, 0) is 13.0 Å². The predicted octanol–water partition coefficient (Wildman–Crippen LogP) is 2.59. The lowest BCUT2D eigenvalue weighted by Gasteiger charge is -2.11. The summed E-state index contributed by atoms with van der Waals surface area (Å²) in [5.74, 6) is -0.829. The van der Waals surface area contributed by atoms with Crippen LogP contribution in [0.4, 0.5) is 18.9 Å². The van der Waals surface area contributed by atoms with Crippen LogP contribution < -0.4 is 0 Å². The molecular weight excluding hydrogens is 293 g/mol. The van der Waals surface area contributed by atoms with E-state index in [9.17, 15) is 28.1 Å². The molecule has 0 saturated carbocycles. The van der Waals surface area contributed by atoms with Crippen molar-refractivity contribution in [2.45, 2.75) is 19.5 Å². The average molecular weight is 302 g/mol. The molecule has 0 aromatic heterocycles. The van der Waals surface area contributed by atoms with Gasteiger partial charge in [-0.25, -0.2) is 0 Å². The van der Waals surface area contributed by atoms with E-state index in [-0.39, 0.29) is 12.2 Å². The lowest BCUT2D eigenvalue weighted by atomic mass is 9.99. The number of ether oxygens (including phenoxy) is 1. The maximum atomic E-state index is 12.7. The Morgan fingerprint density at radius 2 is 2.10 bits per heavy atom. The second kappa shape index (κ2) is 6.21. The van der Waals surface area contributed by atoms with Crippen LogP contribution in [0.25, 0.3) is 0 Å². The Morgan fingerprint density at radius 3 is 2.52 bits per heavy atom. The molecule has 0 unspecified atom stereocenters. The zero-order chi connectivity index (χ0) is 16.2. The Morgan fingerprint density at radius 1 is 1.48 bits per heavy atom. The van der Waals surface area contributed by atoms with Crippen molar-refractivity contribution in [1.29, 1.82) is 5.26 Å². The fraction of sp³-hybridized carbons (Fsp3) is 0.333. The molecule has 112 valence electrons. The van der Waals surface area contributed by atoms with Gasteiger partial charge in [0.15, 0.2) is 0 Å². The van der Waals surface area contributed by atoms with Crippen LogP contribution in [0.3, 0.4) is 0 Å². The topological polar surface area (TPSA) is 93.2 Å². The van der Waals surface area contributed by atoms with Gasteiger partial charge >= 0.3 is 12.1 Å². The third kappa shape index (κ3) is 3.68. The van der Waals surface area contributed by atoms with Crippen molar-refractivity contribution >= 4 is 11.7 Å². The number of hydrogen-bond acceptors (Lipinski definition) is 5. The number of hydrogen-bond donors (Lipinski definition) is 0. The van der Waals surface area contributed by atoms with Gasteiger partial charge in [0.1, 0.15) is 11.6 Å². The normalized spacial score (nSPS) is 10.8. The zero-order valence-corrected chi connectivity index (χ0v) is 10.7. The maximum Gasteiger partial charge on any atom is 0.417 e.